The van der Waals surface area contributed by atoms with Crippen LogP contribution in [-0.2, 0) is 11.3 Å². The topological polar surface area (TPSA) is 87.9 Å². The predicted molar refractivity (Wildman–Crippen MR) is 106 cm³/mol. The number of hydrogen-bond acceptors (Lipinski definition) is 5. The summed E-state index contributed by atoms with van der Waals surface area (Å²) >= 11 is 0. The van der Waals surface area contributed by atoms with Gasteiger partial charge in [-0.1, -0.05) is 0 Å². The lowest BCUT2D eigenvalue weighted by Gasteiger charge is -2.07. The molecule has 0 radical (unpaired) electrons. The first kappa shape index (κ1) is 17.0. The Morgan fingerprint density at radius 2 is 2.00 bits per heavy atom. The number of hydrogen-bond donors (Lipinski definition) is 3. The van der Waals surface area contributed by atoms with Gasteiger partial charge in [0, 0.05) is 24.9 Å². The van der Waals surface area contributed by atoms with E-state index in [2.05, 4.69) is 25.5 Å². The highest BCUT2D eigenvalue weighted by atomic mass is 16.5. The van der Waals surface area contributed by atoms with Crippen molar-refractivity contribution in [3.8, 4) is 22.8 Å². The predicted octanol–water partition coefficient (Wildman–Crippen LogP) is 3.62. The Bertz CT molecular complexity index is 1050. The van der Waals surface area contributed by atoms with Crippen LogP contribution in [0.4, 0.5) is 0 Å². The van der Waals surface area contributed by atoms with Crippen LogP contribution in [0.2, 0.25) is 0 Å². The number of imidazole rings is 1. The van der Waals surface area contributed by atoms with Gasteiger partial charge in [0.25, 0.3) is 0 Å². The van der Waals surface area contributed by atoms with Crippen molar-refractivity contribution in [2.24, 2.45) is 0 Å². The van der Waals surface area contributed by atoms with Gasteiger partial charge in [-0.05, 0) is 54.4 Å². The maximum absolute atomic E-state index is 6.00. The molecule has 4 aromatic rings. The molecule has 0 unspecified atom stereocenters. The minimum atomic E-state index is 0.414. The number of rotatable bonds is 6. The molecule has 0 bridgehead atoms. The van der Waals surface area contributed by atoms with E-state index in [1.54, 1.807) is 6.20 Å². The van der Waals surface area contributed by atoms with Crippen LogP contribution < -0.4 is 10.1 Å². The molecule has 2 aromatic carbocycles. The summed E-state index contributed by atoms with van der Waals surface area (Å²) in [6.45, 7) is 2.31. The lowest BCUT2D eigenvalue weighted by Crippen LogP contribution is -2.28. The highest BCUT2D eigenvalue weighted by molar-refractivity contribution is 5.77. The zero-order valence-electron chi connectivity index (χ0n) is 15.3. The molecule has 0 amide bonds. The molecule has 28 heavy (non-hydrogen) atoms. The van der Waals surface area contributed by atoms with E-state index < -0.39 is 0 Å². The summed E-state index contributed by atoms with van der Waals surface area (Å²) in [5.41, 5.74) is 3.94. The van der Waals surface area contributed by atoms with Crippen molar-refractivity contribution in [2.75, 3.05) is 13.2 Å². The third kappa shape index (κ3) is 3.62. The number of nitrogens with zero attached hydrogens (tertiary/aromatic N) is 2. The molecule has 3 N–H and O–H groups in total. The fourth-order valence-electron chi connectivity index (χ4n) is 3.38. The number of benzene rings is 2. The molecular weight excluding hydrogens is 354 g/mol. The van der Waals surface area contributed by atoms with E-state index in [0.717, 1.165) is 59.2 Å². The number of nitrogens with one attached hydrogen (secondary N) is 3. The number of aromatic nitrogens is 4. The van der Waals surface area contributed by atoms with Crippen LogP contribution in [0.3, 0.4) is 0 Å². The minimum absolute atomic E-state index is 0.414. The lowest BCUT2D eigenvalue weighted by molar-refractivity contribution is 0.189. The smallest absolute Gasteiger partial charge is 0.129 e. The Morgan fingerprint density at radius 3 is 2.79 bits per heavy atom. The van der Waals surface area contributed by atoms with Gasteiger partial charge in [0.15, 0.2) is 0 Å². The van der Waals surface area contributed by atoms with Crippen molar-refractivity contribution in [3.05, 3.63) is 60.6 Å². The largest absolute Gasteiger partial charge is 0.457 e. The molecule has 7 nitrogen and oxygen atoms in total. The SMILES string of the molecule is c1cc(-c2ccc(Oc3ccc4[nH]c(CN[C@H]5CCOC5)nc4c3)cc2)[nH]n1. The second kappa shape index (κ2) is 7.46. The van der Waals surface area contributed by atoms with Gasteiger partial charge < -0.3 is 19.8 Å². The summed E-state index contributed by atoms with van der Waals surface area (Å²) in [4.78, 5) is 8.03. The molecule has 3 heterocycles. The second-order valence-electron chi connectivity index (χ2n) is 6.90. The van der Waals surface area contributed by atoms with Gasteiger partial charge in [-0.2, -0.15) is 5.10 Å². The van der Waals surface area contributed by atoms with Crippen molar-refractivity contribution in [2.45, 2.75) is 19.0 Å². The molecule has 1 fully saturated rings. The summed E-state index contributed by atoms with van der Waals surface area (Å²) in [6.07, 6.45) is 2.79. The van der Waals surface area contributed by atoms with Crippen molar-refractivity contribution in [1.82, 2.24) is 25.5 Å². The number of H-pyrrole nitrogens is 2. The maximum atomic E-state index is 6.00. The number of ether oxygens (including phenoxy) is 2. The van der Waals surface area contributed by atoms with Gasteiger partial charge in [0.2, 0.25) is 0 Å². The average Bonchev–Trinajstić information content (AvgIpc) is 3.47. The molecule has 0 saturated carbocycles. The molecule has 0 spiro atoms. The number of aromatic amines is 2. The molecule has 1 aliphatic heterocycles. The zero-order valence-corrected chi connectivity index (χ0v) is 15.3. The molecule has 142 valence electrons. The molecule has 2 aromatic heterocycles. The third-order valence-electron chi connectivity index (χ3n) is 4.89. The van der Waals surface area contributed by atoms with E-state index in [1.807, 2.05) is 48.5 Å². The van der Waals surface area contributed by atoms with Gasteiger partial charge >= 0.3 is 0 Å². The van der Waals surface area contributed by atoms with E-state index in [1.165, 1.54) is 0 Å². The van der Waals surface area contributed by atoms with Gasteiger partial charge in [-0.15, -0.1) is 0 Å². The van der Waals surface area contributed by atoms with Crippen LogP contribution >= 0.6 is 0 Å². The molecule has 0 aliphatic carbocycles. The van der Waals surface area contributed by atoms with E-state index in [0.29, 0.717) is 12.6 Å². The Kier molecular flexibility index (Phi) is 4.52. The maximum Gasteiger partial charge on any atom is 0.129 e. The molecular formula is C21H21N5O2. The van der Waals surface area contributed by atoms with E-state index in [-0.39, 0.29) is 0 Å². The average molecular weight is 375 g/mol. The zero-order chi connectivity index (χ0) is 18.8. The fraction of sp³-hybridized carbons (Fsp3) is 0.238. The first-order valence-electron chi connectivity index (χ1n) is 9.41. The highest BCUT2D eigenvalue weighted by Crippen LogP contribution is 2.27. The molecule has 1 saturated heterocycles. The summed E-state index contributed by atoms with van der Waals surface area (Å²) in [7, 11) is 0. The van der Waals surface area contributed by atoms with Crippen LogP contribution in [0.1, 0.15) is 12.2 Å². The van der Waals surface area contributed by atoms with Gasteiger partial charge in [0.1, 0.15) is 17.3 Å². The molecule has 1 aliphatic rings. The van der Waals surface area contributed by atoms with E-state index in [9.17, 15) is 0 Å². The van der Waals surface area contributed by atoms with Gasteiger partial charge in [-0.3, -0.25) is 5.10 Å². The number of fused-ring (bicyclic) bond motifs is 1. The van der Waals surface area contributed by atoms with E-state index >= 15 is 0 Å². The molecule has 7 heteroatoms. The summed E-state index contributed by atoms with van der Waals surface area (Å²) in [5, 5.41) is 10.4. The first-order valence-corrected chi connectivity index (χ1v) is 9.41. The fourth-order valence-corrected chi connectivity index (χ4v) is 3.38. The summed E-state index contributed by atoms with van der Waals surface area (Å²) in [6, 6.07) is 16.2. The van der Waals surface area contributed by atoms with Crippen molar-refractivity contribution in [1.29, 1.82) is 0 Å². The van der Waals surface area contributed by atoms with Crippen LogP contribution in [0.5, 0.6) is 11.5 Å². The van der Waals surface area contributed by atoms with Gasteiger partial charge in [-0.25, -0.2) is 4.98 Å². The Hall–Kier alpha value is -3.16. The quantitative estimate of drug-likeness (QED) is 0.479. The third-order valence-corrected chi connectivity index (χ3v) is 4.89. The van der Waals surface area contributed by atoms with Crippen molar-refractivity contribution >= 4 is 11.0 Å². The normalized spacial score (nSPS) is 16.6. The van der Waals surface area contributed by atoms with Crippen LogP contribution in [0, 0.1) is 0 Å². The summed E-state index contributed by atoms with van der Waals surface area (Å²) in [5.74, 6) is 2.46. The van der Waals surface area contributed by atoms with Crippen LogP contribution in [-0.4, -0.2) is 39.4 Å². The second-order valence-corrected chi connectivity index (χ2v) is 6.90. The molecule has 1 atom stereocenters. The molecule has 5 rings (SSSR count). The monoisotopic (exact) mass is 375 g/mol. The van der Waals surface area contributed by atoms with Crippen LogP contribution in [0.25, 0.3) is 22.3 Å². The van der Waals surface area contributed by atoms with Gasteiger partial charge in [0.05, 0.1) is 29.9 Å². The first-order chi connectivity index (χ1) is 13.8. The van der Waals surface area contributed by atoms with Crippen molar-refractivity contribution in [3.63, 3.8) is 0 Å². The van der Waals surface area contributed by atoms with Crippen molar-refractivity contribution < 1.29 is 9.47 Å². The Labute approximate surface area is 162 Å². The summed E-state index contributed by atoms with van der Waals surface area (Å²) < 4.78 is 11.4. The van der Waals surface area contributed by atoms with E-state index in [4.69, 9.17) is 9.47 Å². The lowest BCUT2D eigenvalue weighted by atomic mass is 10.1. The van der Waals surface area contributed by atoms with Crippen LogP contribution in [0.15, 0.2) is 54.7 Å². The Balaban J connectivity index is 1.28. The minimum Gasteiger partial charge on any atom is -0.457 e. The highest BCUT2D eigenvalue weighted by Gasteiger charge is 2.15. The Morgan fingerprint density at radius 1 is 1.11 bits per heavy atom. The standard InChI is InChI=1S/C21H21N5O2/c1-3-16(4-2-14(1)18-7-9-23-26-18)28-17-5-6-19-20(11-17)25-21(24-19)12-22-15-8-10-27-13-15/h1-7,9,11,15,22H,8,10,12-13H2,(H,23,26)(H,24,25)/t15-/m0/s1.